The van der Waals surface area contributed by atoms with Crippen molar-refractivity contribution in [1.29, 1.82) is 0 Å². The number of nitrogens with zero attached hydrogens (tertiary/aromatic N) is 1. The third-order valence-corrected chi connectivity index (χ3v) is 4.61. The summed E-state index contributed by atoms with van der Waals surface area (Å²) in [4.78, 5) is 17.1. The number of amides is 1. The Morgan fingerprint density at radius 3 is 2.44 bits per heavy atom. The molecule has 6 heteroatoms. The first-order chi connectivity index (χ1) is 13.0. The molecule has 0 aliphatic rings. The molecule has 0 atom stereocenters. The fourth-order valence-corrected chi connectivity index (χ4v) is 2.76. The van der Waals surface area contributed by atoms with Crippen LogP contribution in [0.25, 0.3) is 0 Å². The Morgan fingerprint density at radius 1 is 1.11 bits per heavy atom. The van der Waals surface area contributed by atoms with Gasteiger partial charge in [0, 0.05) is 6.54 Å². The zero-order valence-corrected chi connectivity index (χ0v) is 15.7. The number of hydrogen-bond donors (Lipinski definition) is 1. The molecule has 0 aliphatic heterocycles. The van der Waals surface area contributed by atoms with Gasteiger partial charge in [-0.05, 0) is 49.2 Å². The Kier molecular flexibility index (Phi) is 5.72. The van der Waals surface area contributed by atoms with Crippen LogP contribution in [-0.4, -0.2) is 10.9 Å². The summed E-state index contributed by atoms with van der Waals surface area (Å²) in [5.41, 5.74) is 2.35. The van der Waals surface area contributed by atoms with E-state index in [2.05, 4.69) is 10.3 Å². The third-order valence-electron chi connectivity index (χ3n) is 4.06. The first-order valence-electron chi connectivity index (χ1n) is 8.38. The maximum absolute atomic E-state index is 13.1. The van der Waals surface area contributed by atoms with Gasteiger partial charge in [0.05, 0.1) is 10.7 Å². The minimum Gasteiger partial charge on any atom is -0.438 e. The molecular weight excluding hydrogens is 367 g/mol. The number of pyridine rings is 1. The third kappa shape index (κ3) is 4.44. The number of ether oxygens (including phenoxy) is 1. The van der Waals surface area contributed by atoms with Gasteiger partial charge in [0.25, 0.3) is 5.91 Å². The minimum absolute atomic E-state index is 0.131. The van der Waals surface area contributed by atoms with Crippen LogP contribution < -0.4 is 10.1 Å². The number of rotatable bonds is 5. The van der Waals surface area contributed by atoms with Gasteiger partial charge in [0.15, 0.2) is 0 Å². The van der Waals surface area contributed by atoms with E-state index in [-0.39, 0.29) is 23.2 Å². The number of nitrogens with one attached hydrogen (secondary N) is 1. The molecule has 2 aromatic carbocycles. The molecule has 1 aromatic heterocycles. The van der Waals surface area contributed by atoms with Crippen molar-refractivity contribution in [3.8, 4) is 11.6 Å². The SMILES string of the molecule is Cc1nc(Oc2ccc(F)cc2)c(C(=O)NCc2ccccc2)c(C)c1Cl. The Bertz CT molecular complexity index is 960. The molecule has 27 heavy (non-hydrogen) atoms. The van der Waals surface area contributed by atoms with Gasteiger partial charge in [0.2, 0.25) is 5.88 Å². The van der Waals surface area contributed by atoms with E-state index in [1.807, 2.05) is 30.3 Å². The van der Waals surface area contributed by atoms with Crippen LogP contribution in [0, 0.1) is 19.7 Å². The normalized spacial score (nSPS) is 10.5. The van der Waals surface area contributed by atoms with Crippen LogP contribution >= 0.6 is 11.6 Å². The lowest BCUT2D eigenvalue weighted by molar-refractivity contribution is 0.0947. The summed E-state index contributed by atoms with van der Waals surface area (Å²) in [6, 6.07) is 15.1. The van der Waals surface area contributed by atoms with Gasteiger partial charge in [-0.15, -0.1) is 0 Å². The van der Waals surface area contributed by atoms with Crippen LogP contribution in [0.15, 0.2) is 54.6 Å². The number of aryl methyl sites for hydroxylation is 1. The molecule has 0 spiro atoms. The highest BCUT2D eigenvalue weighted by Gasteiger charge is 2.22. The molecule has 1 heterocycles. The van der Waals surface area contributed by atoms with Gasteiger partial charge < -0.3 is 10.1 Å². The highest BCUT2D eigenvalue weighted by molar-refractivity contribution is 6.32. The Hall–Kier alpha value is -2.92. The van der Waals surface area contributed by atoms with Crippen LogP contribution in [0.3, 0.4) is 0 Å². The maximum atomic E-state index is 13.1. The van der Waals surface area contributed by atoms with Crippen molar-refractivity contribution >= 4 is 17.5 Å². The molecule has 0 fully saturated rings. The van der Waals surface area contributed by atoms with Crippen molar-refractivity contribution in [1.82, 2.24) is 10.3 Å². The highest BCUT2D eigenvalue weighted by atomic mass is 35.5. The van der Waals surface area contributed by atoms with Crippen LogP contribution in [0.1, 0.15) is 27.2 Å². The van der Waals surface area contributed by atoms with E-state index in [1.165, 1.54) is 24.3 Å². The smallest absolute Gasteiger partial charge is 0.257 e. The molecule has 3 aromatic rings. The van der Waals surface area contributed by atoms with E-state index in [1.54, 1.807) is 13.8 Å². The van der Waals surface area contributed by atoms with E-state index in [0.717, 1.165) is 5.56 Å². The molecule has 4 nitrogen and oxygen atoms in total. The summed E-state index contributed by atoms with van der Waals surface area (Å²) in [6.07, 6.45) is 0. The number of aromatic nitrogens is 1. The zero-order valence-electron chi connectivity index (χ0n) is 14.9. The largest absolute Gasteiger partial charge is 0.438 e. The Balaban J connectivity index is 1.91. The standard InChI is InChI=1S/C21H18ClFN2O2/c1-13-18(20(26)24-12-15-6-4-3-5-7-15)21(25-14(2)19(13)22)27-17-10-8-16(23)9-11-17/h3-11H,12H2,1-2H3,(H,24,26). The molecule has 0 radical (unpaired) electrons. The molecule has 0 aliphatic carbocycles. The van der Waals surface area contributed by atoms with Gasteiger partial charge in [-0.3, -0.25) is 4.79 Å². The second-order valence-corrected chi connectivity index (χ2v) is 6.42. The van der Waals surface area contributed by atoms with Gasteiger partial charge in [-0.2, -0.15) is 0 Å². The minimum atomic E-state index is -0.375. The summed E-state index contributed by atoms with van der Waals surface area (Å²) in [5, 5.41) is 3.27. The van der Waals surface area contributed by atoms with Crippen molar-refractivity contribution in [2.24, 2.45) is 0 Å². The van der Waals surface area contributed by atoms with E-state index in [0.29, 0.717) is 28.6 Å². The first kappa shape index (κ1) is 18.9. The fourth-order valence-electron chi connectivity index (χ4n) is 2.62. The molecule has 3 rings (SSSR count). The molecular formula is C21H18ClFN2O2. The average Bonchev–Trinajstić information content (AvgIpc) is 2.67. The lowest BCUT2D eigenvalue weighted by atomic mass is 10.1. The van der Waals surface area contributed by atoms with Crippen LogP contribution in [-0.2, 0) is 6.54 Å². The van der Waals surface area contributed by atoms with Gasteiger partial charge in [-0.25, -0.2) is 9.37 Å². The lowest BCUT2D eigenvalue weighted by Gasteiger charge is -2.15. The highest BCUT2D eigenvalue weighted by Crippen LogP contribution is 2.31. The monoisotopic (exact) mass is 384 g/mol. The van der Waals surface area contributed by atoms with Gasteiger partial charge in [0.1, 0.15) is 17.1 Å². The summed E-state index contributed by atoms with van der Waals surface area (Å²) in [7, 11) is 0. The quantitative estimate of drug-likeness (QED) is 0.656. The predicted molar refractivity (Wildman–Crippen MR) is 103 cm³/mol. The van der Waals surface area contributed by atoms with Crippen molar-refractivity contribution in [3.05, 3.63) is 87.8 Å². The molecule has 1 N–H and O–H groups in total. The molecule has 1 amide bonds. The van der Waals surface area contributed by atoms with E-state index in [9.17, 15) is 9.18 Å². The topological polar surface area (TPSA) is 51.2 Å². The molecule has 0 saturated carbocycles. The van der Waals surface area contributed by atoms with Crippen LogP contribution in [0.2, 0.25) is 5.02 Å². The van der Waals surface area contributed by atoms with E-state index >= 15 is 0 Å². The Morgan fingerprint density at radius 2 is 1.78 bits per heavy atom. The second kappa shape index (κ2) is 8.18. The van der Waals surface area contributed by atoms with Crippen molar-refractivity contribution < 1.29 is 13.9 Å². The number of carbonyl (C=O) groups excluding carboxylic acids is 1. The second-order valence-electron chi connectivity index (χ2n) is 6.04. The first-order valence-corrected chi connectivity index (χ1v) is 8.75. The van der Waals surface area contributed by atoms with Crippen molar-refractivity contribution in [2.45, 2.75) is 20.4 Å². The van der Waals surface area contributed by atoms with Crippen LogP contribution in [0.4, 0.5) is 4.39 Å². The average molecular weight is 385 g/mol. The predicted octanol–water partition coefficient (Wildman–Crippen LogP) is 5.21. The Labute approximate surface area is 162 Å². The summed E-state index contributed by atoms with van der Waals surface area (Å²) < 4.78 is 18.9. The number of halogens is 2. The summed E-state index contributed by atoms with van der Waals surface area (Å²) in [6.45, 7) is 3.84. The molecule has 138 valence electrons. The maximum Gasteiger partial charge on any atom is 0.257 e. The number of benzene rings is 2. The zero-order chi connectivity index (χ0) is 19.4. The summed E-state index contributed by atoms with van der Waals surface area (Å²) in [5.74, 6) is -0.212. The van der Waals surface area contributed by atoms with Gasteiger partial charge >= 0.3 is 0 Å². The fraction of sp³-hybridized carbons (Fsp3) is 0.143. The summed E-state index contributed by atoms with van der Waals surface area (Å²) >= 11 is 6.29. The van der Waals surface area contributed by atoms with E-state index < -0.39 is 0 Å². The number of carbonyl (C=O) groups is 1. The van der Waals surface area contributed by atoms with Crippen LogP contribution in [0.5, 0.6) is 11.6 Å². The molecule has 0 unspecified atom stereocenters. The van der Waals surface area contributed by atoms with Crippen molar-refractivity contribution in [3.63, 3.8) is 0 Å². The van der Waals surface area contributed by atoms with E-state index in [4.69, 9.17) is 16.3 Å². The van der Waals surface area contributed by atoms with Crippen molar-refractivity contribution in [2.75, 3.05) is 0 Å². The molecule has 0 saturated heterocycles. The van der Waals surface area contributed by atoms with Gasteiger partial charge in [-0.1, -0.05) is 41.9 Å². The number of hydrogen-bond acceptors (Lipinski definition) is 3. The lowest BCUT2D eigenvalue weighted by Crippen LogP contribution is -2.25. The molecule has 0 bridgehead atoms.